The quantitative estimate of drug-likeness (QED) is 0.527. The molecule has 2 rings (SSSR count). The SMILES string of the molecule is Cc1sc(NC(=O)C(C)(C)C)c(C(=O)OC(C)C(=O)Nc2cccnc2Cl)c1C. The van der Waals surface area contributed by atoms with Gasteiger partial charge in [0.2, 0.25) is 5.91 Å². The first-order chi connectivity index (χ1) is 13.4. The van der Waals surface area contributed by atoms with Crippen molar-refractivity contribution in [3.63, 3.8) is 0 Å². The van der Waals surface area contributed by atoms with E-state index in [2.05, 4.69) is 15.6 Å². The lowest BCUT2D eigenvalue weighted by Crippen LogP contribution is -2.31. The predicted molar refractivity (Wildman–Crippen MR) is 115 cm³/mol. The van der Waals surface area contributed by atoms with E-state index < -0.39 is 23.4 Å². The Labute approximate surface area is 178 Å². The van der Waals surface area contributed by atoms with Gasteiger partial charge in [0.1, 0.15) is 5.00 Å². The number of anilines is 2. The lowest BCUT2D eigenvalue weighted by Gasteiger charge is -2.18. The van der Waals surface area contributed by atoms with Crippen LogP contribution < -0.4 is 10.6 Å². The van der Waals surface area contributed by atoms with Crippen molar-refractivity contribution in [1.82, 2.24) is 4.98 Å². The van der Waals surface area contributed by atoms with Crippen molar-refractivity contribution in [3.05, 3.63) is 39.5 Å². The van der Waals surface area contributed by atoms with Crippen LogP contribution in [0.2, 0.25) is 5.15 Å². The number of rotatable bonds is 5. The molecule has 2 N–H and O–H groups in total. The molecule has 2 amide bonds. The summed E-state index contributed by atoms with van der Waals surface area (Å²) in [5, 5.41) is 5.92. The van der Waals surface area contributed by atoms with Crippen molar-refractivity contribution in [1.29, 1.82) is 0 Å². The smallest absolute Gasteiger partial charge is 0.342 e. The minimum atomic E-state index is -1.08. The summed E-state index contributed by atoms with van der Waals surface area (Å²) in [6.07, 6.45) is 0.417. The van der Waals surface area contributed by atoms with Crippen LogP contribution in [-0.4, -0.2) is 28.9 Å². The highest BCUT2D eigenvalue weighted by Crippen LogP contribution is 2.34. The Bertz CT molecular complexity index is 950. The van der Waals surface area contributed by atoms with Gasteiger partial charge in [-0.1, -0.05) is 32.4 Å². The Balaban J connectivity index is 2.16. The van der Waals surface area contributed by atoms with Crippen LogP contribution in [0.25, 0.3) is 0 Å². The highest BCUT2D eigenvalue weighted by molar-refractivity contribution is 7.16. The second kappa shape index (κ2) is 8.92. The fourth-order valence-electron chi connectivity index (χ4n) is 2.24. The first-order valence-corrected chi connectivity index (χ1v) is 10.1. The average Bonchev–Trinajstić information content (AvgIpc) is 2.89. The third-order valence-corrected chi connectivity index (χ3v) is 5.59. The number of aryl methyl sites for hydroxylation is 1. The molecule has 7 nitrogen and oxygen atoms in total. The topological polar surface area (TPSA) is 97.4 Å². The van der Waals surface area contributed by atoms with Crippen LogP contribution in [0.4, 0.5) is 10.7 Å². The van der Waals surface area contributed by atoms with Crippen molar-refractivity contribution in [2.75, 3.05) is 10.6 Å². The standard InChI is InChI=1S/C20H24ClN3O4S/c1-10-12(3)29-17(24-19(27)20(4,5)6)14(10)18(26)28-11(2)16(25)23-13-8-7-9-22-15(13)21/h7-9,11H,1-6H3,(H,23,25)(H,24,27). The number of aromatic nitrogens is 1. The van der Waals surface area contributed by atoms with E-state index in [4.69, 9.17) is 16.3 Å². The number of pyridine rings is 1. The second-order valence-corrected chi connectivity index (χ2v) is 9.15. The first-order valence-electron chi connectivity index (χ1n) is 8.95. The van der Waals surface area contributed by atoms with Crippen LogP contribution in [0.3, 0.4) is 0 Å². The molecular formula is C20H24ClN3O4S. The van der Waals surface area contributed by atoms with Gasteiger partial charge in [-0.25, -0.2) is 9.78 Å². The van der Waals surface area contributed by atoms with Gasteiger partial charge < -0.3 is 15.4 Å². The van der Waals surface area contributed by atoms with Crippen LogP contribution >= 0.6 is 22.9 Å². The summed E-state index contributed by atoms with van der Waals surface area (Å²) >= 11 is 7.23. The molecule has 0 aliphatic carbocycles. The van der Waals surface area contributed by atoms with Crippen molar-refractivity contribution >= 4 is 51.4 Å². The summed E-state index contributed by atoms with van der Waals surface area (Å²) in [6.45, 7) is 10.4. The number of esters is 1. The van der Waals surface area contributed by atoms with Gasteiger partial charge in [-0.15, -0.1) is 11.3 Å². The normalized spacial score (nSPS) is 12.2. The Morgan fingerprint density at radius 1 is 1.21 bits per heavy atom. The van der Waals surface area contributed by atoms with E-state index in [1.807, 2.05) is 6.92 Å². The fraction of sp³-hybridized carbons (Fsp3) is 0.400. The van der Waals surface area contributed by atoms with Crippen LogP contribution in [0.15, 0.2) is 18.3 Å². The maximum atomic E-state index is 12.8. The molecule has 0 aliphatic rings. The van der Waals surface area contributed by atoms with Crippen LogP contribution in [-0.2, 0) is 14.3 Å². The molecule has 0 saturated carbocycles. The van der Waals surface area contributed by atoms with Crippen LogP contribution in [0, 0.1) is 19.3 Å². The number of carbonyl (C=O) groups excluding carboxylic acids is 3. The summed E-state index contributed by atoms with van der Waals surface area (Å²) in [5.74, 6) is -1.45. The number of hydrogen-bond acceptors (Lipinski definition) is 6. The third kappa shape index (κ3) is 5.55. The van der Waals surface area contributed by atoms with Gasteiger partial charge >= 0.3 is 5.97 Å². The number of thiophene rings is 1. The van der Waals surface area contributed by atoms with Crippen LogP contribution in [0.5, 0.6) is 0 Å². The summed E-state index contributed by atoms with van der Waals surface area (Å²) in [4.78, 5) is 42.3. The van der Waals surface area contributed by atoms with E-state index in [0.29, 0.717) is 16.3 Å². The molecule has 156 valence electrons. The molecule has 29 heavy (non-hydrogen) atoms. The van der Waals surface area contributed by atoms with Gasteiger partial charge in [-0.3, -0.25) is 9.59 Å². The molecule has 2 aromatic rings. The van der Waals surface area contributed by atoms with Crippen molar-refractivity contribution in [2.45, 2.75) is 47.6 Å². The minimum absolute atomic E-state index is 0.135. The van der Waals surface area contributed by atoms with E-state index in [-0.39, 0.29) is 16.6 Å². The Kier molecular flexibility index (Phi) is 7.02. The van der Waals surface area contributed by atoms with Gasteiger partial charge in [-0.05, 0) is 38.5 Å². The summed E-state index contributed by atoms with van der Waals surface area (Å²) in [5.41, 5.74) is 0.655. The molecule has 0 bridgehead atoms. The maximum Gasteiger partial charge on any atom is 0.342 e. The number of carbonyl (C=O) groups is 3. The lowest BCUT2D eigenvalue weighted by atomic mass is 9.96. The first kappa shape index (κ1) is 22.8. The van der Waals surface area contributed by atoms with Crippen molar-refractivity contribution < 1.29 is 19.1 Å². The van der Waals surface area contributed by atoms with E-state index >= 15 is 0 Å². The lowest BCUT2D eigenvalue weighted by molar-refractivity contribution is -0.124. The highest BCUT2D eigenvalue weighted by atomic mass is 35.5. The molecule has 1 atom stereocenters. The van der Waals surface area contributed by atoms with Crippen molar-refractivity contribution in [3.8, 4) is 0 Å². The summed E-state index contributed by atoms with van der Waals surface area (Å²) in [7, 11) is 0. The van der Waals surface area contributed by atoms with Gasteiger partial charge in [0.25, 0.3) is 5.91 Å². The average molecular weight is 438 g/mol. The number of amides is 2. The van der Waals surface area contributed by atoms with Crippen LogP contribution in [0.1, 0.15) is 48.5 Å². The predicted octanol–water partition coefficient (Wildman–Crippen LogP) is 4.58. The van der Waals surface area contributed by atoms with Gasteiger partial charge in [-0.2, -0.15) is 0 Å². The number of ether oxygens (including phenoxy) is 1. The van der Waals surface area contributed by atoms with E-state index in [9.17, 15) is 14.4 Å². The number of nitrogens with zero attached hydrogens (tertiary/aromatic N) is 1. The Morgan fingerprint density at radius 2 is 1.86 bits per heavy atom. The molecule has 0 saturated heterocycles. The largest absolute Gasteiger partial charge is 0.449 e. The molecule has 2 heterocycles. The summed E-state index contributed by atoms with van der Waals surface area (Å²) < 4.78 is 5.35. The number of hydrogen-bond donors (Lipinski definition) is 2. The highest BCUT2D eigenvalue weighted by Gasteiger charge is 2.29. The van der Waals surface area contributed by atoms with E-state index in [0.717, 1.165) is 4.88 Å². The minimum Gasteiger partial charge on any atom is -0.449 e. The molecule has 0 spiro atoms. The molecule has 9 heteroatoms. The molecule has 0 aromatic carbocycles. The van der Waals surface area contributed by atoms with Gasteiger partial charge in [0.15, 0.2) is 11.3 Å². The maximum absolute atomic E-state index is 12.8. The number of nitrogens with one attached hydrogen (secondary N) is 2. The van der Waals surface area contributed by atoms with E-state index in [1.54, 1.807) is 39.8 Å². The molecule has 1 unspecified atom stereocenters. The zero-order valence-electron chi connectivity index (χ0n) is 17.2. The fourth-order valence-corrected chi connectivity index (χ4v) is 3.45. The van der Waals surface area contributed by atoms with Gasteiger partial charge in [0, 0.05) is 16.5 Å². The summed E-state index contributed by atoms with van der Waals surface area (Å²) in [6, 6.07) is 3.22. The molecule has 0 aliphatic heterocycles. The van der Waals surface area contributed by atoms with Crippen molar-refractivity contribution in [2.24, 2.45) is 5.41 Å². The van der Waals surface area contributed by atoms with E-state index in [1.165, 1.54) is 24.5 Å². The zero-order valence-corrected chi connectivity index (χ0v) is 18.7. The molecule has 2 aromatic heterocycles. The second-order valence-electron chi connectivity index (χ2n) is 7.57. The Hall–Kier alpha value is -2.45. The monoisotopic (exact) mass is 437 g/mol. The van der Waals surface area contributed by atoms with Gasteiger partial charge in [0.05, 0.1) is 11.3 Å². The molecule has 0 radical (unpaired) electrons. The molecular weight excluding hydrogens is 414 g/mol. The zero-order chi connectivity index (χ0) is 21.9. The third-order valence-electron chi connectivity index (χ3n) is 4.17. The number of halogens is 1. The Morgan fingerprint density at radius 3 is 2.45 bits per heavy atom. The molecule has 0 fully saturated rings.